The molecule has 1 N–H and O–H groups in total. The Morgan fingerprint density at radius 1 is 1.27 bits per heavy atom. The third-order valence-electron chi connectivity index (χ3n) is 2.07. The lowest BCUT2D eigenvalue weighted by Crippen LogP contribution is -2.14. The molecule has 3 heteroatoms. The van der Waals surface area contributed by atoms with Gasteiger partial charge in [0.25, 0.3) is 0 Å². The number of hydrogen-bond acceptors (Lipinski definition) is 1. The molecule has 0 saturated heterocycles. The number of rotatable bonds is 6. The Balaban J connectivity index is 2.31. The first kappa shape index (κ1) is 11.9. The topological polar surface area (TPSA) is 12.0 Å². The van der Waals surface area contributed by atoms with Crippen molar-refractivity contribution in [2.75, 3.05) is 6.54 Å². The molecule has 0 bridgehead atoms. The van der Waals surface area contributed by atoms with Crippen LogP contribution in [-0.4, -0.2) is 6.54 Å². The van der Waals surface area contributed by atoms with Crippen LogP contribution in [0.2, 0.25) is 0 Å². The summed E-state index contributed by atoms with van der Waals surface area (Å²) in [5, 5.41) is 3.15. The molecule has 0 aromatic heterocycles. The first-order valence-electron chi connectivity index (χ1n) is 4.99. The van der Waals surface area contributed by atoms with Gasteiger partial charge >= 0.3 is 0 Å². The van der Waals surface area contributed by atoms with Gasteiger partial charge in [0.05, 0.1) is 0 Å². The lowest BCUT2D eigenvalue weighted by atomic mass is 10.2. The Morgan fingerprint density at radius 3 is 2.73 bits per heavy atom. The van der Waals surface area contributed by atoms with Crippen LogP contribution >= 0.6 is 0 Å². The Kier molecular flexibility index (Phi) is 4.98. The van der Waals surface area contributed by atoms with Gasteiger partial charge in [-0.05, 0) is 37.1 Å². The van der Waals surface area contributed by atoms with Crippen molar-refractivity contribution in [3.63, 3.8) is 0 Å². The molecule has 0 atom stereocenters. The Labute approximate surface area is 88.8 Å². The van der Waals surface area contributed by atoms with E-state index in [2.05, 4.69) is 11.9 Å². The summed E-state index contributed by atoms with van der Waals surface area (Å²) >= 11 is 0. The molecule has 82 valence electrons. The lowest BCUT2D eigenvalue weighted by molar-refractivity contribution is 0.506. The molecule has 0 spiro atoms. The van der Waals surface area contributed by atoms with E-state index in [0.29, 0.717) is 6.54 Å². The van der Waals surface area contributed by atoms with E-state index in [0.717, 1.165) is 31.0 Å². The summed E-state index contributed by atoms with van der Waals surface area (Å²) in [4.78, 5) is 0. The quantitative estimate of drug-likeness (QED) is 0.563. The second-order valence-corrected chi connectivity index (χ2v) is 3.36. The molecule has 1 aromatic rings. The smallest absolute Gasteiger partial charge is 0.159 e. The molecule has 0 aliphatic heterocycles. The summed E-state index contributed by atoms with van der Waals surface area (Å²) in [6, 6.07) is 3.95. The maximum atomic E-state index is 12.8. The molecule has 0 unspecified atom stereocenters. The van der Waals surface area contributed by atoms with E-state index in [4.69, 9.17) is 0 Å². The van der Waals surface area contributed by atoms with Crippen molar-refractivity contribution in [1.82, 2.24) is 5.32 Å². The maximum absolute atomic E-state index is 12.8. The van der Waals surface area contributed by atoms with Gasteiger partial charge in [-0.2, -0.15) is 0 Å². The molecule has 1 nitrogen and oxygen atoms in total. The summed E-state index contributed by atoms with van der Waals surface area (Å²) in [5.74, 6) is -1.59. The minimum absolute atomic E-state index is 0.564. The summed E-state index contributed by atoms with van der Waals surface area (Å²) in [7, 11) is 0. The van der Waals surface area contributed by atoms with E-state index in [-0.39, 0.29) is 0 Å². The van der Waals surface area contributed by atoms with E-state index >= 15 is 0 Å². The zero-order valence-electron chi connectivity index (χ0n) is 8.60. The van der Waals surface area contributed by atoms with Crippen molar-refractivity contribution in [3.8, 4) is 0 Å². The molecular weight excluding hydrogens is 196 g/mol. The number of nitrogens with one attached hydrogen (secondary N) is 1. The van der Waals surface area contributed by atoms with Crippen LogP contribution in [0.15, 0.2) is 30.9 Å². The Bertz CT molecular complexity index is 323. The molecule has 0 fully saturated rings. The van der Waals surface area contributed by atoms with Crippen LogP contribution in [0, 0.1) is 11.6 Å². The van der Waals surface area contributed by atoms with Crippen LogP contribution in [0.25, 0.3) is 0 Å². The van der Waals surface area contributed by atoms with Crippen molar-refractivity contribution in [2.24, 2.45) is 0 Å². The molecule has 0 heterocycles. The van der Waals surface area contributed by atoms with Gasteiger partial charge < -0.3 is 5.32 Å². The van der Waals surface area contributed by atoms with Crippen LogP contribution < -0.4 is 5.32 Å². The zero-order chi connectivity index (χ0) is 11.1. The summed E-state index contributed by atoms with van der Waals surface area (Å²) in [5.41, 5.74) is 0.757. The minimum atomic E-state index is -0.801. The van der Waals surface area contributed by atoms with Crippen LogP contribution in [-0.2, 0) is 6.54 Å². The van der Waals surface area contributed by atoms with Gasteiger partial charge in [-0.3, -0.25) is 0 Å². The van der Waals surface area contributed by atoms with Crippen molar-refractivity contribution in [3.05, 3.63) is 48.1 Å². The number of halogens is 2. The Hall–Kier alpha value is -1.22. The van der Waals surface area contributed by atoms with E-state index in [1.54, 1.807) is 6.07 Å². The van der Waals surface area contributed by atoms with Crippen molar-refractivity contribution in [1.29, 1.82) is 0 Å². The first-order valence-corrected chi connectivity index (χ1v) is 4.99. The second-order valence-electron chi connectivity index (χ2n) is 3.36. The normalized spacial score (nSPS) is 10.3. The van der Waals surface area contributed by atoms with Crippen LogP contribution in [0.4, 0.5) is 8.78 Å². The number of hydrogen-bond donors (Lipinski definition) is 1. The molecule has 0 radical (unpaired) electrons. The third kappa shape index (κ3) is 4.21. The molecule has 0 saturated carbocycles. The van der Waals surface area contributed by atoms with Crippen LogP contribution in [0.5, 0.6) is 0 Å². The maximum Gasteiger partial charge on any atom is 0.159 e. The average Bonchev–Trinajstić information content (AvgIpc) is 2.23. The summed E-state index contributed by atoms with van der Waals surface area (Å²) < 4.78 is 25.4. The molecule has 1 rings (SSSR count). The largest absolute Gasteiger partial charge is 0.313 e. The van der Waals surface area contributed by atoms with Gasteiger partial charge in [-0.25, -0.2) is 8.78 Å². The van der Waals surface area contributed by atoms with Crippen molar-refractivity contribution in [2.45, 2.75) is 19.4 Å². The van der Waals surface area contributed by atoms with E-state index in [1.165, 1.54) is 6.07 Å². The predicted octanol–water partition coefficient (Wildman–Crippen LogP) is 3.02. The fraction of sp³-hybridized carbons (Fsp3) is 0.333. The fourth-order valence-electron chi connectivity index (χ4n) is 1.25. The van der Waals surface area contributed by atoms with Gasteiger partial charge in [0, 0.05) is 6.54 Å². The van der Waals surface area contributed by atoms with Gasteiger partial charge in [-0.1, -0.05) is 12.1 Å². The van der Waals surface area contributed by atoms with E-state index in [9.17, 15) is 8.78 Å². The number of unbranched alkanes of at least 4 members (excludes halogenated alkanes) is 1. The molecular formula is C12H15F2N. The van der Waals surface area contributed by atoms with Crippen molar-refractivity contribution < 1.29 is 8.78 Å². The average molecular weight is 211 g/mol. The van der Waals surface area contributed by atoms with Gasteiger partial charge in [0.1, 0.15) is 0 Å². The molecule has 0 aliphatic carbocycles. The summed E-state index contributed by atoms with van der Waals surface area (Å²) in [6.07, 6.45) is 3.83. The molecule has 1 aromatic carbocycles. The number of benzene rings is 1. The van der Waals surface area contributed by atoms with Crippen molar-refractivity contribution >= 4 is 0 Å². The highest BCUT2D eigenvalue weighted by Crippen LogP contribution is 2.08. The highest BCUT2D eigenvalue weighted by molar-refractivity contribution is 5.17. The Morgan fingerprint density at radius 2 is 2.07 bits per heavy atom. The fourth-order valence-corrected chi connectivity index (χ4v) is 1.25. The highest BCUT2D eigenvalue weighted by atomic mass is 19.2. The van der Waals surface area contributed by atoms with E-state index in [1.807, 2.05) is 6.08 Å². The number of allylic oxidation sites excluding steroid dienone is 1. The third-order valence-corrected chi connectivity index (χ3v) is 2.07. The first-order chi connectivity index (χ1) is 7.24. The highest BCUT2D eigenvalue weighted by Gasteiger charge is 2.01. The standard InChI is InChI=1S/C12H15F2N/c1-2-3-4-7-15-9-10-5-6-11(13)12(14)8-10/h2,5-6,8,15H,1,3-4,7,9H2. The van der Waals surface area contributed by atoms with Gasteiger partial charge in [0.15, 0.2) is 11.6 Å². The van der Waals surface area contributed by atoms with Gasteiger partial charge in [-0.15, -0.1) is 6.58 Å². The zero-order valence-corrected chi connectivity index (χ0v) is 8.60. The van der Waals surface area contributed by atoms with Crippen LogP contribution in [0.1, 0.15) is 18.4 Å². The SMILES string of the molecule is C=CCCCNCc1ccc(F)c(F)c1. The second kappa shape index (κ2) is 6.30. The van der Waals surface area contributed by atoms with Gasteiger partial charge in [0.2, 0.25) is 0 Å². The molecule has 0 aliphatic rings. The predicted molar refractivity (Wildman–Crippen MR) is 57.5 cm³/mol. The lowest BCUT2D eigenvalue weighted by Gasteiger charge is -2.04. The van der Waals surface area contributed by atoms with Crippen LogP contribution in [0.3, 0.4) is 0 Å². The molecule has 0 amide bonds. The summed E-state index contributed by atoms with van der Waals surface area (Å²) in [6.45, 7) is 5.03. The minimum Gasteiger partial charge on any atom is -0.313 e. The van der Waals surface area contributed by atoms with E-state index < -0.39 is 11.6 Å². The monoisotopic (exact) mass is 211 g/mol. The molecule has 15 heavy (non-hydrogen) atoms.